The summed E-state index contributed by atoms with van der Waals surface area (Å²) in [5, 5.41) is 3.12. The average molecular weight is 214 g/mol. The van der Waals surface area contributed by atoms with Gasteiger partial charge in [0.1, 0.15) is 5.82 Å². The summed E-state index contributed by atoms with van der Waals surface area (Å²) in [7, 11) is 0. The molecule has 14 heavy (non-hydrogen) atoms. The zero-order valence-electron chi connectivity index (χ0n) is 7.83. The number of nitrogens with two attached hydrogens (primary N) is 1. The molecule has 1 heterocycles. The largest absolute Gasteiger partial charge is 0.320 e. The van der Waals surface area contributed by atoms with Gasteiger partial charge in [-0.3, -0.25) is 4.79 Å². The fraction of sp³-hybridized carbons (Fsp3) is 0.333. The molecule has 1 aromatic heterocycles. The Morgan fingerprint density at radius 2 is 2.43 bits per heavy atom. The summed E-state index contributed by atoms with van der Waals surface area (Å²) in [5.41, 5.74) is 5.53. The minimum Gasteiger partial charge on any atom is -0.320 e. The third-order valence-corrected chi connectivity index (χ3v) is 1.98. The molecule has 3 N–H and O–H groups in total. The van der Waals surface area contributed by atoms with Gasteiger partial charge in [0.05, 0.1) is 11.1 Å². The van der Waals surface area contributed by atoms with Crippen molar-refractivity contribution in [3.05, 3.63) is 23.4 Å². The molecular weight excluding hydrogens is 202 g/mol. The van der Waals surface area contributed by atoms with Crippen molar-refractivity contribution in [2.75, 3.05) is 5.32 Å². The molecule has 1 atom stereocenters. The van der Waals surface area contributed by atoms with E-state index >= 15 is 0 Å². The van der Waals surface area contributed by atoms with Crippen molar-refractivity contribution in [1.82, 2.24) is 4.98 Å². The van der Waals surface area contributed by atoms with E-state index < -0.39 is 6.04 Å². The summed E-state index contributed by atoms with van der Waals surface area (Å²) in [4.78, 5) is 15.2. The Morgan fingerprint density at radius 3 is 2.93 bits per heavy atom. The van der Waals surface area contributed by atoms with E-state index in [1.165, 1.54) is 6.20 Å². The topological polar surface area (TPSA) is 68.0 Å². The van der Waals surface area contributed by atoms with Crippen LogP contribution in [0.25, 0.3) is 0 Å². The maximum atomic E-state index is 11.3. The Bertz CT molecular complexity index is 312. The van der Waals surface area contributed by atoms with E-state index in [1.54, 1.807) is 12.1 Å². The number of halogens is 1. The molecule has 0 aliphatic carbocycles. The second kappa shape index (κ2) is 4.93. The number of anilines is 1. The third kappa shape index (κ3) is 2.97. The maximum Gasteiger partial charge on any atom is 0.242 e. The predicted octanol–water partition coefficient (Wildman–Crippen LogP) is 1.41. The van der Waals surface area contributed by atoms with Crippen LogP contribution in [0, 0.1) is 0 Å². The lowest BCUT2D eigenvalue weighted by atomic mass is 10.2. The SMILES string of the molecule is CC[C@H](N)C(=O)Nc1ccc(Cl)cn1. The van der Waals surface area contributed by atoms with Crippen molar-refractivity contribution in [3.8, 4) is 0 Å². The van der Waals surface area contributed by atoms with Crippen LogP contribution < -0.4 is 11.1 Å². The first-order valence-electron chi connectivity index (χ1n) is 4.31. The van der Waals surface area contributed by atoms with Gasteiger partial charge in [-0.15, -0.1) is 0 Å². The van der Waals surface area contributed by atoms with Crippen LogP contribution in [0.15, 0.2) is 18.3 Å². The Balaban J connectivity index is 2.60. The van der Waals surface area contributed by atoms with E-state index in [1.807, 2.05) is 6.92 Å². The molecule has 0 spiro atoms. The van der Waals surface area contributed by atoms with E-state index in [0.29, 0.717) is 17.3 Å². The highest BCUT2D eigenvalue weighted by atomic mass is 35.5. The molecule has 5 heteroatoms. The summed E-state index contributed by atoms with van der Waals surface area (Å²) >= 11 is 5.64. The van der Waals surface area contributed by atoms with Crippen molar-refractivity contribution in [2.45, 2.75) is 19.4 Å². The second-order valence-corrected chi connectivity index (χ2v) is 3.30. The van der Waals surface area contributed by atoms with Crippen molar-refractivity contribution in [1.29, 1.82) is 0 Å². The van der Waals surface area contributed by atoms with Crippen molar-refractivity contribution < 1.29 is 4.79 Å². The lowest BCUT2D eigenvalue weighted by molar-refractivity contribution is -0.117. The highest BCUT2D eigenvalue weighted by Crippen LogP contribution is 2.09. The Hall–Kier alpha value is -1.13. The van der Waals surface area contributed by atoms with Gasteiger partial charge in [-0.2, -0.15) is 0 Å². The highest BCUT2D eigenvalue weighted by Gasteiger charge is 2.10. The van der Waals surface area contributed by atoms with Gasteiger partial charge >= 0.3 is 0 Å². The van der Waals surface area contributed by atoms with Gasteiger partial charge in [-0.05, 0) is 18.6 Å². The van der Waals surface area contributed by atoms with Gasteiger partial charge in [0.15, 0.2) is 0 Å². The molecule has 0 aromatic carbocycles. The van der Waals surface area contributed by atoms with E-state index in [0.717, 1.165) is 0 Å². The number of amides is 1. The molecule has 0 radical (unpaired) electrons. The Morgan fingerprint density at radius 1 is 1.71 bits per heavy atom. The Kier molecular flexibility index (Phi) is 3.85. The van der Waals surface area contributed by atoms with E-state index in [9.17, 15) is 4.79 Å². The van der Waals surface area contributed by atoms with Crippen molar-refractivity contribution in [3.63, 3.8) is 0 Å². The van der Waals surface area contributed by atoms with Crippen LogP contribution in [0.5, 0.6) is 0 Å². The summed E-state index contributed by atoms with van der Waals surface area (Å²) in [6.45, 7) is 1.85. The molecule has 0 saturated heterocycles. The van der Waals surface area contributed by atoms with E-state index in [4.69, 9.17) is 17.3 Å². The van der Waals surface area contributed by atoms with Crippen molar-refractivity contribution >= 4 is 23.3 Å². The van der Waals surface area contributed by atoms with Crippen LogP contribution in [0.3, 0.4) is 0 Å². The van der Waals surface area contributed by atoms with Gasteiger partial charge in [0.2, 0.25) is 5.91 Å². The molecule has 1 amide bonds. The molecule has 0 bridgehead atoms. The van der Waals surface area contributed by atoms with E-state index in [2.05, 4.69) is 10.3 Å². The minimum atomic E-state index is -0.493. The molecule has 0 unspecified atom stereocenters. The first-order chi connectivity index (χ1) is 6.63. The normalized spacial score (nSPS) is 12.2. The maximum absolute atomic E-state index is 11.3. The van der Waals surface area contributed by atoms with E-state index in [-0.39, 0.29) is 5.91 Å². The van der Waals surface area contributed by atoms with Crippen LogP contribution in [-0.2, 0) is 4.79 Å². The standard InChI is InChI=1S/C9H12ClN3O/c1-2-7(11)9(14)13-8-4-3-6(10)5-12-8/h3-5,7H,2,11H2,1H3,(H,12,13,14)/t7-/m0/s1. The minimum absolute atomic E-state index is 0.234. The number of hydrogen-bond donors (Lipinski definition) is 2. The van der Waals surface area contributed by atoms with Crippen LogP contribution in [0.2, 0.25) is 5.02 Å². The number of hydrogen-bond acceptors (Lipinski definition) is 3. The summed E-state index contributed by atoms with van der Waals surface area (Å²) in [6, 6.07) is 2.79. The number of aromatic nitrogens is 1. The molecular formula is C9H12ClN3O. The number of carbonyl (C=O) groups excluding carboxylic acids is 1. The van der Waals surface area contributed by atoms with Gasteiger partial charge in [-0.1, -0.05) is 18.5 Å². The lowest BCUT2D eigenvalue weighted by Gasteiger charge is -2.08. The smallest absolute Gasteiger partial charge is 0.242 e. The molecule has 1 rings (SSSR count). The highest BCUT2D eigenvalue weighted by molar-refractivity contribution is 6.30. The number of carbonyl (C=O) groups is 1. The number of nitrogens with one attached hydrogen (secondary N) is 1. The van der Waals surface area contributed by atoms with Gasteiger partial charge in [-0.25, -0.2) is 4.98 Å². The van der Waals surface area contributed by atoms with Crippen LogP contribution in [0.4, 0.5) is 5.82 Å². The number of rotatable bonds is 3. The third-order valence-electron chi connectivity index (χ3n) is 1.76. The number of pyridine rings is 1. The first kappa shape index (κ1) is 10.9. The monoisotopic (exact) mass is 213 g/mol. The quantitative estimate of drug-likeness (QED) is 0.798. The average Bonchev–Trinajstić information content (AvgIpc) is 2.20. The first-order valence-corrected chi connectivity index (χ1v) is 4.69. The van der Waals surface area contributed by atoms with Crippen molar-refractivity contribution in [2.24, 2.45) is 5.73 Å². The molecule has 76 valence electrons. The molecule has 0 aliphatic heterocycles. The molecule has 4 nitrogen and oxygen atoms in total. The zero-order chi connectivity index (χ0) is 10.6. The number of nitrogens with zero attached hydrogens (tertiary/aromatic N) is 1. The second-order valence-electron chi connectivity index (χ2n) is 2.87. The molecule has 1 aromatic rings. The van der Waals surface area contributed by atoms with Gasteiger partial charge in [0, 0.05) is 6.20 Å². The fourth-order valence-electron chi connectivity index (χ4n) is 0.854. The summed E-state index contributed by atoms with van der Waals surface area (Å²) < 4.78 is 0. The summed E-state index contributed by atoms with van der Waals surface area (Å²) in [5.74, 6) is 0.227. The van der Waals surface area contributed by atoms with Crippen LogP contribution in [-0.4, -0.2) is 16.9 Å². The fourth-order valence-corrected chi connectivity index (χ4v) is 0.966. The molecule has 0 fully saturated rings. The van der Waals surface area contributed by atoms with Crippen LogP contribution >= 0.6 is 11.6 Å². The van der Waals surface area contributed by atoms with Gasteiger partial charge in [0.25, 0.3) is 0 Å². The zero-order valence-corrected chi connectivity index (χ0v) is 8.58. The Labute approximate surface area is 87.5 Å². The van der Waals surface area contributed by atoms with Gasteiger partial charge < -0.3 is 11.1 Å². The lowest BCUT2D eigenvalue weighted by Crippen LogP contribution is -2.35. The molecule has 0 saturated carbocycles. The summed E-state index contributed by atoms with van der Waals surface area (Å²) in [6.07, 6.45) is 2.06. The van der Waals surface area contributed by atoms with Crippen LogP contribution in [0.1, 0.15) is 13.3 Å². The predicted molar refractivity (Wildman–Crippen MR) is 56.1 cm³/mol. The molecule has 0 aliphatic rings.